The highest BCUT2D eigenvalue weighted by molar-refractivity contribution is 7.19. The molecule has 0 saturated carbocycles. The van der Waals surface area contributed by atoms with Crippen LogP contribution in [0, 0.1) is 0 Å². The molecule has 1 rings (SSSR count). The maximum atomic E-state index is 10.4. The molecule has 1 aromatic heterocycles. The van der Waals surface area contributed by atoms with Crippen LogP contribution in [0.25, 0.3) is 0 Å². The van der Waals surface area contributed by atoms with E-state index in [0.29, 0.717) is 0 Å². The fourth-order valence-electron chi connectivity index (χ4n) is 0.503. The SMILES string of the molecule is Cl.O=C(O)c1sc(Cl)c(Cl)c1Cl. The summed E-state index contributed by atoms with van der Waals surface area (Å²) in [6, 6.07) is 0. The Kier molecular flexibility index (Phi) is 4.66. The molecule has 1 N–H and O–H groups in total. The maximum absolute atomic E-state index is 10.4. The summed E-state index contributed by atoms with van der Waals surface area (Å²) >= 11 is 17.4. The molecule has 0 atom stereocenters. The smallest absolute Gasteiger partial charge is 0.347 e. The van der Waals surface area contributed by atoms with Crippen molar-refractivity contribution in [3.05, 3.63) is 19.3 Å². The third kappa shape index (κ3) is 2.18. The zero-order valence-corrected chi connectivity index (χ0v) is 9.21. The summed E-state index contributed by atoms with van der Waals surface area (Å²) in [5.74, 6) is -1.12. The predicted molar refractivity (Wildman–Crippen MR) is 53.6 cm³/mol. The Morgan fingerprint density at radius 2 is 1.75 bits per heavy atom. The van der Waals surface area contributed by atoms with Crippen molar-refractivity contribution in [3.8, 4) is 0 Å². The summed E-state index contributed by atoms with van der Waals surface area (Å²) < 4.78 is 0.203. The molecule has 0 aliphatic carbocycles. The molecule has 68 valence electrons. The minimum absolute atomic E-state index is 0. The lowest BCUT2D eigenvalue weighted by Gasteiger charge is -1.86. The Morgan fingerprint density at radius 3 is 1.92 bits per heavy atom. The lowest BCUT2D eigenvalue weighted by atomic mass is 10.5. The van der Waals surface area contributed by atoms with Crippen LogP contribution in [0.5, 0.6) is 0 Å². The Morgan fingerprint density at radius 1 is 1.25 bits per heavy atom. The van der Waals surface area contributed by atoms with E-state index in [1.54, 1.807) is 0 Å². The molecule has 0 unspecified atom stereocenters. The number of hydrogen-bond acceptors (Lipinski definition) is 2. The first-order valence-electron chi connectivity index (χ1n) is 2.40. The summed E-state index contributed by atoms with van der Waals surface area (Å²) in [6.07, 6.45) is 0. The highest BCUT2D eigenvalue weighted by Crippen LogP contribution is 2.40. The van der Waals surface area contributed by atoms with Gasteiger partial charge in [0.05, 0.1) is 10.0 Å². The van der Waals surface area contributed by atoms with Crippen molar-refractivity contribution in [2.45, 2.75) is 0 Å². The van der Waals surface area contributed by atoms with Crippen molar-refractivity contribution >= 4 is 64.5 Å². The van der Waals surface area contributed by atoms with Crippen LogP contribution >= 0.6 is 58.5 Å². The van der Waals surface area contributed by atoms with Gasteiger partial charge in [0, 0.05) is 0 Å². The van der Waals surface area contributed by atoms with Gasteiger partial charge in [-0.25, -0.2) is 4.79 Å². The van der Waals surface area contributed by atoms with Crippen LogP contribution in [0.4, 0.5) is 0 Å². The second kappa shape index (κ2) is 4.53. The largest absolute Gasteiger partial charge is 0.477 e. The fraction of sp³-hybridized carbons (Fsp3) is 0. The average molecular weight is 268 g/mol. The summed E-state index contributed by atoms with van der Waals surface area (Å²) in [6.45, 7) is 0. The van der Waals surface area contributed by atoms with Crippen molar-refractivity contribution in [2.75, 3.05) is 0 Å². The van der Waals surface area contributed by atoms with E-state index in [0.717, 1.165) is 11.3 Å². The third-order valence-electron chi connectivity index (χ3n) is 0.951. The first kappa shape index (κ1) is 12.3. The van der Waals surface area contributed by atoms with E-state index < -0.39 is 5.97 Å². The predicted octanol–water partition coefficient (Wildman–Crippen LogP) is 3.83. The van der Waals surface area contributed by atoms with Gasteiger partial charge in [0.15, 0.2) is 0 Å². The molecular formula is C5H2Cl4O2S. The molecule has 0 saturated heterocycles. The van der Waals surface area contributed by atoms with Crippen LogP contribution in [0.3, 0.4) is 0 Å². The van der Waals surface area contributed by atoms with Crippen molar-refractivity contribution < 1.29 is 9.90 Å². The molecule has 12 heavy (non-hydrogen) atoms. The van der Waals surface area contributed by atoms with Crippen LogP contribution < -0.4 is 0 Å². The zero-order valence-electron chi connectivity index (χ0n) is 5.31. The second-order valence-electron chi connectivity index (χ2n) is 1.64. The molecule has 0 aromatic carbocycles. The molecule has 1 heterocycles. The van der Waals surface area contributed by atoms with Gasteiger partial charge >= 0.3 is 5.97 Å². The normalized spacial score (nSPS) is 9.25. The maximum Gasteiger partial charge on any atom is 0.347 e. The first-order valence-corrected chi connectivity index (χ1v) is 4.35. The molecular weight excluding hydrogens is 266 g/mol. The highest BCUT2D eigenvalue weighted by atomic mass is 35.5. The van der Waals surface area contributed by atoms with E-state index in [-0.39, 0.29) is 31.7 Å². The van der Waals surface area contributed by atoms with E-state index in [1.165, 1.54) is 0 Å². The van der Waals surface area contributed by atoms with Crippen LogP contribution in [0.2, 0.25) is 14.4 Å². The van der Waals surface area contributed by atoms with Gasteiger partial charge in [0.25, 0.3) is 0 Å². The van der Waals surface area contributed by atoms with Crippen molar-refractivity contribution in [1.29, 1.82) is 0 Å². The average Bonchev–Trinajstić information content (AvgIpc) is 2.17. The van der Waals surface area contributed by atoms with Gasteiger partial charge in [0.1, 0.15) is 9.21 Å². The molecule has 0 aliphatic rings. The number of rotatable bonds is 1. The van der Waals surface area contributed by atoms with Gasteiger partial charge in [-0.05, 0) is 0 Å². The van der Waals surface area contributed by atoms with Crippen molar-refractivity contribution in [1.82, 2.24) is 0 Å². The topological polar surface area (TPSA) is 37.3 Å². The molecule has 1 aromatic rings. The summed E-state index contributed by atoms with van der Waals surface area (Å²) in [7, 11) is 0. The zero-order chi connectivity index (χ0) is 8.59. The van der Waals surface area contributed by atoms with E-state index in [1.807, 2.05) is 0 Å². The molecule has 0 fully saturated rings. The number of carboxylic acids is 1. The van der Waals surface area contributed by atoms with Gasteiger partial charge in [-0.2, -0.15) is 0 Å². The number of carbonyl (C=O) groups is 1. The molecule has 0 aliphatic heterocycles. The number of aromatic carboxylic acids is 1. The highest BCUT2D eigenvalue weighted by Gasteiger charge is 2.18. The Balaban J connectivity index is 0.00000121. The van der Waals surface area contributed by atoms with E-state index in [2.05, 4.69) is 0 Å². The number of thiophene rings is 1. The number of carboxylic acid groups (broad SMARTS) is 1. The minimum Gasteiger partial charge on any atom is -0.477 e. The molecule has 2 nitrogen and oxygen atoms in total. The molecule has 7 heteroatoms. The summed E-state index contributed by atoms with van der Waals surface area (Å²) in [5.41, 5.74) is 0. The number of hydrogen-bond donors (Lipinski definition) is 1. The quantitative estimate of drug-likeness (QED) is 0.840. The lowest BCUT2D eigenvalue weighted by Crippen LogP contribution is -1.91. The molecule has 0 radical (unpaired) electrons. The fourth-order valence-corrected chi connectivity index (χ4v) is 2.14. The summed E-state index contributed by atoms with van der Waals surface area (Å²) in [4.78, 5) is 10.4. The van der Waals surface area contributed by atoms with Crippen molar-refractivity contribution in [2.24, 2.45) is 0 Å². The minimum atomic E-state index is -1.12. The van der Waals surface area contributed by atoms with E-state index >= 15 is 0 Å². The molecule has 0 spiro atoms. The van der Waals surface area contributed by atoms with Gasteiger partial charge in [0.2, 0.25) is 0 Å². The first-order chi connectivity index (χ1) is 5.04. The summed E-state index contributed by atoms with van der Waals surface area (Å²) in [5, 5.41) is 8.63. The van der Waals surface area contributed by atoms with E-state index in [4.69, 9.17) is 39.9 Å². The number of halogens is 4. The Labute approximate surface area is 93.5 Å². The van der Waals surface area contributed by atoms with Gasteiger partial charge < -0.3 is 5.11 Å². The Bertz CT molecular complexity index is 309. The van der Waals surface area contributed by atoms with Crippen LogP contribution in [-0.2, 0) is 0 Å². The Hall–Kier alpha value is 0.330. The lowest BCUT2D eigenvalue weighted by molar-refractivity contribution is 0.0702. The monoisotopic (exact) mass is 266 g/mol. The molecule has 0 bridgehead atoms. The van der Waals surface area contributed by atoms with E-state index in [9.17, 15) is 4.79 Å². The standard InChI is InChI=1S/C5HCl3O2S.ClH/c6-1-2(7)4(8)11-3(1)5(9)10;/h(H,9,10);1H. The van der Waals surface area contributed by atoms with Gasteiger partial charge in [-0.15, -0.1) is 23.7 Å². The second-order valence-corrected chi connectivity index (χ2v) is 4.02. The molecule has 0 amide bonds. The van der Waals surface area contributed by atoms with Crippen LogP contribution in [-0.4, -0.2) is 11.1 Å². The van der Waals surface area contributed by atoms with Crippen LogP contribution in [0.1, 0.15) is 9.67 Å². The third-order valence-corrected chi connectivity index (χ3v) is 3.51. The van der Waals surface area contributed by atoms with Gasteiger partial charge in [-0.1, -0.05) is 34.8 Å². The van der Waals surface area contributed by atoms with Crippen molar-refractivity contribution in [3.63, 3.8) is 0 Å². The van der Waals surface area contributed by atoms with Crippen LogP contribution in [0.15, 0.2) is 0 Å². The van der Waals surface area contributed by atoms with Gasteiger partial charge in [-0.3, -0.25) is 0 Å².